The maximum atomic E-state index is 12.3. The van der Waals surface area contributed by atoms with E-state index < -0.39 is 33.9 Å². The second-order valence-electron chi connectivity index (χ2n) is 5.32. The molecule has 1 heterocycles. The number of hydrogen-bond acceptors (Lipinski definition) is 5. The summed E-state index contributed by atoms with van der Waals surface area (Å²) >= 11 is 0. The topological polar surface area (TPSA) is 113 Å². The van der Waals surface area contributed by atoms with Crippen molar-refractivity contribution in [3.05, 3.63) is 0 Å². The summed E-state index contributed by atoms with van der Waals surface area (Å²) in [5, 5.41) is 9.46. The number of carboxylic acid groups (broad SMARTS) is 1. The third kappa shape index (κ3) is 3.85. The molecule has 1 saturated heterocycles. The summed E-state index contributed by atoms with van der Waals surface area (Å²) in [4.78, 5) is 23.1. The number of carbonyl (C=O) groups excluding carboxylic acids is 1. The second-order valence-corrected chi connectivity index (χ2v) is 6.92. The molecular formula is C12H22N2O6S. The number of ether oxygens (including phenoxy) is 1. The molecule has 0 radical (unpaired) electrons. The van der Waals surface area contributed by atoms with Gasteiger partial charge in [0.2, 0.25) is 0 Å². The van der Waals surface area contributed by atoms with Crippen LogP contribution in [0.3, 0.4) is 0 Å². The van der Waals surface area contributed by atoms with Gasteiger partial charge < -0.3 is 9.84 Å². The van der Waals surface area contributed by atoms with E-state index in [9.17, 15) is 23.1 Å². The number of aliphatic carboxylic acids is 1. The van der Waals surface area contributed by atoms with Crippen LogP contribution in [0.25, 0.3) is 0 Å². The van der Waals surface area contributed by atoms with Crippen LogP contribution >= 0.6 is 0 Å². The molecule has 1 rings (SSSR count). The fraction of sp³-hybridized carbons (Fsp3) is 0.833. The highest BCUT2D eigenvalue weighted by Gasteiger charge is 2.52. The zero-order valence-electron chi connectivity index (χ0n) is 12.5. The SMILES string of the molecule is CCCC1(C(=O)O)CCCN1S(=O)(=O)NC(=O)OC(C)C. The average molecular weight is 322 g/mol. The Morgan fingerprint density at radius 3 is 2.52 bits per heavy atom. The summed E-state index contributed by atoms with van der Waals surface area (Å²) in [6.07, 6.45) is -0.189. The van der Waals surface area contributed by atoms with Gasteiger partial charge in [0.25, 0.3) is 0 Å². The molecular weight excluding hydrogens is 300 g/mol. The summed E-state index contributed by atoms with van der Waals surface area (Å²) < 4.78 is 31.9. The third-order valence-electron chi connectivity index (χ3n) is 3.34. The maximum absolute atomic E-state index is 12.3. The number of rotatable bonds is 6. The predicted octanol–water partition coefficient (Wildman–Crippen LogP) is 1.09. The highest BCUT2D eigenvalue weighted by atomic mass is 32.2. The lowest BCUT2D eigenvalue weighted by Crippen LogP contribution is -2.57. The van der Waals surface area contributed by atoms with Gasteiger partial charge in [-0.25, -0.2) is 9.52 Å². The Hall–Kier alpha value is -1.35. The summed E-state index contributed by atoms with van der Waals surface area (Å²) in [6.45, 7) is 5.02. The number of amides is 1. The summed E-state index contributed by atoms with van der Waals surface area (Å²) in [7, 11) is -4.25. The summed E-state index contributed by atoms with van der Waals surface area (Å²) in [5.41, 5.74) is -1.49. The lowest BCUT2D eigenvalue weighted by Gasteiger charge is -2.33. The van der Waals surface area contributed by atoms with Crippen LogP contribution < -0.4 is 4.72 Å². The molecule has 21 heavy (non-hydrogen) atoms. The second kappa shape index (κ2) is 6.61. The smallest absolute Gasteiger partial charge is 0.422 e. The van der Waals surface area contributed by atoms with Gasteiger partial charge in [-0.2, -0.15) is 12.7 Å². The van der Waals surface area contributed by atoms with E-state index in [4.69, 9.17) is 4.74 Å². The van der Waals surface area contributed by atoms with Crippen LogP contribution in [-0.4, -0.2) is 48.1 Å². The molecule has 122 valence electrons. The monoisotopic (exact) mass is 322 g/mol. The Morgan fingerprint density at radius 1 is 1.43 bits per heavy atom. The molecule has 1 unspecified atom stereocenters. The number of carbonyl (C=O) groups is 2. The predicted molar refractivity (Wildman–Crippen MR) is 74.9 cm³/mol. The van der Waals surface area contributed by atoms with Gasteiger partial charge in [-0.05, 0) is 33.1 Å². The summed E-state index contributed by atoms with van der Waals surface area (Å²) in [6, 6.07) is 0. The maximum Gasteiger partial charge on any atom is 0.422 e. The highest BCUT2D eigenvalue weighted by molar-refractivity contribution is 7.87. The Labute approximate surface area is 124 Å². The third-order valence-corrected chi connectivity index (χ3v) is 4.87. The van der Waals surface area contributed by atoms with Gasteiger partial charge >= 0.3 is 22.3 Å². The summed E-state index contributed by atoms with van der Waals surface area (Å²) in [5.74, 6) is -1.19. The van der Waals surface area contributed by atoms with Crippen LogP contribution in [0.15, 0.2) is 0 Å². The molecule has 0 saturated carbocycles. The standard InChI is InChI=1S/C12H22N2O6S/c1-4-6-12(10(15)16)7-5-8-14(12)21(18,19)13-11(17)20-9(2)3/h9H,4-8H2,1-3H3,(H,13,17)(H,15,16). The molecule has 0 aromatic rings. The van der Waals surface area contributed by atoms with Crippen LogP contribution in [-0.2, 0) is 19.7 Å². The lowest BCUT2D eigenvalue weighted by atomic mass is 9.92. The molecule has 0 aliphatic carbocycles. The van der Waals surface area contributed by atoms with E-state index in [2.05, 4.69) is 0 Å². The van der Waals surface area contributed by atoms with Crippen molar-refractivity contribution < 1.29 is 27.9 Å². The molecule has 0 aromatic heterocycles. The normalized spacial score (nSPS) is 23.2. The van der Waals surface area contributed by atoms with Crippen LogP contribution in [0.5, 0.6) is 0 Å². The van der Waals surface area contributed by atoms with Crippen molar-refractivity contribution in [2.45, 2.75) is 58.1 Å². The van der Waals surface area contributed by atoms with Crippen molar-refractivity contribution in [1.82, 2.24) is 9.03 Å². The minimum absolute atomic E-state index is 0.0661. The molecule has 0 bridgehead atoms. The first-order valence-electron chi connectivity index (χ1n) is 6.90. The number of hydrogen-bond donors (Lipinski definition) is 2. The van der Waals surface area contributed by atoms with Gasteiger partial charge in [0.15, 0.2) is 0 Å². The Bertz CT molecular complexity index is 504. The molecule has 2 N–H and O–H groups in total. The van der Waals surface area contributed by atoms with Gasteiger partial charge in [-0.1, -0.05) is 13.3 Å². The van der Waals surface area contributed by atoms with Crippen molar-refractivity contribution in [2.75, 3.05) is 6.54 Å². The molecule has 1 aliphatic heterocycles. The molecule has 1 amide bonds. The first-order valence-corrected chi connectivity index (χ1v) is 8.34. The molecule has 1 atom stereocenters. The van der Waals surface area contributed by atoms with Gasteiger partial charge in [0, 0.05) is 6.54 Å². The molecule has 1 aliphatic rings. The minimum atomic E-state index is -4.25. The molecule has 0 aromatic carbocycles. The van der Waals surface area contributed by atoms with E-state index in [-0.39, 0.29) is 19.4 Å². The molecule has 8 nitrogen and oxygen atoms in total. The lowest BCUT2D eigenvalue weighted by molar-refractivity contribution is -0.147. The van der Waals surface area contributed by atoms with Crippen LogP contribution in [0.2, 0.25) is 0 Å². The average Bonchev–Trinajstić information content (AvgIpc) is 2.73. The largest absolute Gasteiger partial charge is 0.480 e. The van der Waals surface area contributed by atoms with E-state index in [1.165, 1.54) is 0 Å². The minimum Gasteiger partial charge on any atom is -0.480 e. The van der Waals surface area contributed by atoms with E-state index in [0.29, 0.717) is 12.8 Å². The van der Waals surface area contributed by atoms with E-state index in [1.54, 1.807) is 25.5 Å². The number of nitrogens with one attached hydrogen (secondary N) is 1. The van der Waals surface area contributed by atoms with Gasteiger partial charge in [0.05, 0.1) is 6.10 Å². The van der Waals surface area contributed by atoms with Crippen molar-refractivity contribution in [1.29, 1.82) is 0 Å². The highest BCUT2D eigenvalue weighted by Crippen LogP contribution is 2.35. The quantitative estimate of drug-likeness (QED) is 0.756. The van der Waals surface area contributed by atoms with E-state index in [0.717, 1.165) is 4.31 Å². The van der Waals surface area contributed by atoms with E-state index in [1.807, 2.05) is 0 Å². The Kier molecular flexibility index (Phi) is 5.57. The molecule has 1 fully saturated rings. The fourth-order valence-electron chi connectivity index (χ4n) is 2.59. The fourth-order valence-corrected chi connectivity index (χ4v) is 4.05. The Balaban J connectivity index is 3.00. The number of carboxylic acids is 1. The van der Waals surface area contributed by atoms with Gasteiger partial charge in [0.1, 0.15) is 5.54 Å². The molecule has 9 heteroatoms. The molecule has 0 spiro atoms. The van der Waals surface area contributed by atoms with Crippen molar-refractivity contribution in [3.63, 3.8) is 0 Å². The van der Waals surface area contributed by atoms with Crippen molar-refractivity contribution in [3.8, 4) is 0 Å². The Morgan fingerprint density at radius 2 is 2.05 bits per heavy atom. The first-order chi connectivity index (χ1) is 9.65. The first kappa shape index (κ1) is 17.7. The number of nitrogens with zero attached hydrogens (tertiary/aromatic N) is 1. The van der Waals surface area contributed by atoms with Crippen LogP contribution in [0.1, 0.15) is 46.5 Å². The van der Waals surface area contributed by atoms with Gasteiger partial charge in [-0.15, -0.1) is 0 Å². The van der Waals surface area contributed by atoms with Crippen molar-refractivity contribution in [2.24, 2.45) is 0 Å². The van der Waals surface area contributed by atoms with E-state index >= 15 is 0 Å². The van der Waals surface area contributed by atoms with Crippen LogP contribution in [0, 0.1) is 0 Å². The zero-order chi connectivity index (χ0) is 16.3. The van der Waals surface area contributed by atoms with Crippen molar-refractivity contribution >= 4 is 22.3 Å². The van der Waals surface area contributed by atoms with Gasteiger partial charge in [-0.3, -0.25) is 4.79 Å². The van der Waals surface area contributed by atoms with Crippen LogP contribution in [0.4, 0.5) is 4.79 Å². The zero-order valence-corrected chi connectivity index (χ0v) is 13.3.